The minimum atomic E-state index is -0.607. The molecule has 2 atom stereocenters. The van der Waals surface area contributed by atoms with Crippen LogP contribution < -0.4 is 16.0 Å². The van der Waals surface area contributed by atoms with E-state index in [2.05, 4.69) is 39.0 Å². The lowest BCUT2D eigenvalue weighted by Gasteiger charge is -2.25. The first-order valence-electron chi connectivity index (χ1n) is 11.8. The van der Waals surface area contributed by atoms with Crippen LogP contribution in [0.15, 0.2) is 12.4 Å². The van der Waals surface area contributed by atoms with Gasteiger partial charge in [0.1, 0.15) is 16.6 Å². The van der Waals surface area contributed by atoms with E-state index in [4.69, 9.17) is 10.5 Å². The molecule has 8 nitrogen and oxygen atoms in total. The number of nitrogens with zero attached hydrogens (tertiary/aromatic N) is 5. The fraction of sp³-hybridized carbons (Fsp3) is 0.360. The monoisotopic (exact) mass is 507 g/mol. The molecule has 4 aromatic rings. The Hall–Kier alpha value is -3.46. The summed E-state index contributed by atoms with van der Waals surface area (Å²) in [6.45, 7) is 6.23. The number of halogens is 2. The Morgan fingerprint density at radius 2 is 2.08 bits per heavy atom. The average Bonchev–Trinajstić information content (AvgIpc) is 3.58. The summed E-state index contributed by atoms with van der Waals surface area (Å²) in [4.78, 5) is 15.6. The predicted molar refractivity (Wildman–Crippen MR) is 135 cm³/mol. The smallest absolute Gasteiger partial charge is 0.226 e. The van der Waals surface area contributed by atoms with Gasteiger partial charge in [0, 0.05) is 41.2 Å². The molecule has 0 aliphatic carbocycles. The van der Waals surface area contributed by atoms with Gasteiger partial charge in [-0.05, 0) is 31.0 Å². The Morgan fingerprint density at radius 1 is 1.28 bits per heavy atom. The number of nitrogen functional groups attached to an aromatic ring is 1. The highest BCUT2D eigenvalue weighted by molar-refractivity contribution is 7.23. The Labute approximate surface area is 209 Å². The van der Waals surface area contributed by atoms with Gasteiger partial charge < -0.3 is 20.7 Å². The molecule has 0 spiro atoms. The van der Waals surface area contributed by atoms with Gasteiger partial charge in [-0.25, -0.2) is 18.7 Å². The Balaban J connectivity index is 1.59. The second-order valence-electron chi connectivity index (χ2n) is 9.07. The highest BCUT2D eigenvalue weighted by Gasteiger charge is 2.34. The highest BCUT2D eigenvalue weighted by Crippen LogP contribution is 2.45. The zero-order chi connectivity index (χ0) is 25.1. The summed E-state index contributed by atoms with van der Waals surface area (Å²) < 4.78 is 36.9. The molecule has 0 saturated carbocycles. The summed E-state index contributed by atoms with van der Waals surface area (Å²) in [6, 6.07) is 2.48. The van der Waals surface area contributed by atoms with Crippen LogP contribution in [0.25, 0.3) is 32.2 Å². The van der Waals surface area contributed by atoms with Gasteiger partial charge >= 0.3 is 0 Å². The molecule has 3 N–H and O–H groups in total. The lowest BCUT2D eigenvalue weighted by atomic mass is 9.94. The van der Waals surface area contributed by atoms with E-state index in [0.29, 0.717) is 22.9 Å². The third-order valence-corrected chi connectivity index (χ3v) is 8.24. The van der Waals surface area contributed by atoms with Gasteiger partial charge in [-0.3, -0.25) is 4.98 Å². The maximum absolute atomic E-state index is 16.4. The van der Waals surface area contributed by atoms with Crippen molar-refractivity contribution in [1.82, 2.24) is 20.3 Å². The number of ether oxygens (including phenoxy) is 1. The van der Waals surface area contributed by atoms with E-state index in [0.717, 1.165) is 42.6 Å². The zero-order valence-electron chi connectivity index (χ0n) is 19.7. The SMILES string of the molecule is CCN[C@H]1CCN(c2ncc3c4c(c(-c5ncc(F)c6sc(N)c(C#N)c56)c(F)c3n2)COC4)[C@H]1C. The zero-order valence-corrected chi connectivity index (χ0v) is 20.5. The predicted octanol–water partition coefficient (Wildman–Crippen LogP) is 4.25. The molecule has 11 heteroatoms. The second-order valence-corrected chi connectivity index (χ2v) is 10.1. The molecule has 1 fully saturated rings. The Kier molecular flexibility index (Phi) is 5.48. The van der Waals surface area contributed by atoms with Gasteiger partial charge in [0.05, 0.1) is 35.4 Å². The van der Waals surface area contributed by atoms with Gasteiger partial charge in [0.25, 0.3) is 0 Å². The molecule has 0 unspecified atom stereocenters. The molecule has 6 rings (SSSR count). The van der Waals surface area contributed by atoms with Crippen molar-refractivity contribution in [2.24, 2.45) is 0 Å². The first-order valence-corrected chi connectivity index (χ1v) is 12.6. The third kappa shape index (κ3) is 3.25. The average molecular weight is 508 g/mol. The van der Waals surface area contributed by atoms with Crippen LogP contribution in [-0.4, -0.2) is 40.1 Å². The van der Waals surface area contributed by atoms with E-state index >= 15 is 4.39 Å². The van der Waals surface area contributed by atoms with Gasteiger partial charge in [-0.15, -0.1) is 11.3 Å². The molecule has 3 aromatic heterocycles. The van der Waals surface area contributed by atoms with E-state index in [1.54, 1.807) is 6.20 Å². The molecular formula is C25H23F2N7OS. The Morgan fingerprint density at radius 3 is 2.86 bits per heavy atom. The molecule has 2 aliphatic heterocycles. The number of fused-ring (bicyclic) bond motifs is 4. The first kappa shape index (κ1) is 23.0. The van der Waals surface area contributed by atoms with Crippen molar-refractivity contribution in [2.45, 2.75) is 45.6 Å². The lowest BCUT2D eigenvalue weighted by molar-refractivity contribution is 0.135. The van der Waals surface area contributed by atoms with Crippen molar-refractivity contribution in [3.05, 3.63) is 40.7 Å². The van der Waals surface area contributed by atoms with E-state index in [1.165, 1.54) is 0 Å². The van der Waals surface area contributed by atoms with Gasteiger partial charge in [0.15, 0.2) is 11.6 Å². The van der Waals surface area contributed by atoms with Crippen molar-refractivity contribution in [2.75, 3.05) is 23.7 Å². The van der Waals surface area contributed by atoms with Crippen molar-refractivity contribution < 1.29 is 13.5 Å². The van der Waals surface area contributed by atoms with E-state index in [-0.39, 0.29) is 56.7 Å². The molecule has 0 radical (unpaired) electrons. The van der Waals surface area contributed by atoms with Gasteiger partial charge in [0.2, 0.25) is 5.95 Å². The van der Waals surface area contributed by atoms with Crippen LogP contribution >= 0.6 is 11.3 Å². The first-order chi connectivity index (χ1) is 17.4. The molecule has 184 valence electrons. The summed E-state index contributed by atoms with van der Waals surface area (Å²) in [5.41, 5.74) is 7.96. The summed E-state index contributed by atoms with van der Waals surface area (Å²) in [6.07, 6.45) is 3.64. The number of likely N-dealkylation sites (N-methyl/N-ethyl adjacent to an activating group) is 1. The van der Waals surface area contributed by atoms with Crippen molar-refractivity contribution in [3.8, 4) is 17.3 Å². The minimum Gasteiger partial charge on any atom is -0.389 e. The molecule has 2 aliphatic rings. The third-order valence-electron chi connectivity index (χ3n) is 7.21. The van der Waals surface area contributed by atoms with Crippen LogP contribution in [0.4, 0.5) is 19.7 Å². The van der Waals surface area contributed by atoms with Crippen molar-refractivity contribution in [3.63, 3.8) is 0 Å². The maximum atomic E-state index is 16.4. The number of rotatable bonds is 4. The van der Waals surface area contributed by atoms with Gasteiger partial charge in [-0.2, -0.15) is 5.26 Å². The fourth-order valence-electron chi connectivity index (χ4n) is 5.43. The fourth-order valence-corrected chi connectivity index (χ4v) is 6.36. The molecule has 0 bridgehead atoms. The van der Waals surface area contributed by atoms with Crippen LogP contribution in [-0.2, 0) is 18.0 Å². The Bertz CT molecular complexity index is 1580. The topological polar surface area (TPSA) is 113 Å². The number of nitriles is 1. The minimum absolute atomic E-state index is 0.0906. The summed E-state index contributed by atoms with van der Waals surface area (Å²) in [7, 11) is 0. The number of anilines is 2. The molecule has 1 saturated heterocycles. The summed E-state index contributed by atoms with van der Waals surface area (Å²) >= 11 is 0.953. The van der Waals surface area contributed by atoms with Crippen LogP contribution in [0.2, 0.25) is 0 Å². The van der Waals surface area contributed by atoms with Crippen LogP contribution in [0.3, 0.4) is 0 Å². The molecule has 36 heavy (non-hydrogen) atoms. The van der Waals surface area contributed by atoms with Crippen molar-refractivity contribution >= 4 is 43.3 Å². The summed E-state index contributed by atoms with van der Waals surface area (Å²) in [5, 5.41) is 14.2. The lowest BCUT2D eigenvalue weighted by Crippen LogP contribution is -2.41. The van der Waals surface area contributed by atoms with Crippen molar-refractivity contribution in [1.29, 1.82) is 5.26 Å². The number of hydrogen-bond donors (Lipinski definition) is 2. The largest absolute Gasteiger partial charge is 0.389 e. The number of nitrogens with one attached hydrogen (secondary N) is 1. The van der Waals surface area contributed by atoms with E-state index in [9.17, 15) is 9.65 Å². The number of nitrogens with two attached hydrogens (primary N) is 1. The summed E-state index contributed by atoms with van der Waals surface area (Å²) in [5.74, 6) is -0.750. The number of aromatic nitrogens is 3. The normalized spacial score (nSPS) is 19.4. The van der Waals surface area contributed by atoms with E-state index in [1.807, 2.05) is 6.07 Å². The van der Waals surface area contributed by atoms with E-state index < -0.39 is 11.6 Å². The van der Waals surface area contributed by atoms with Crippen LogP contribution in [0.5, 0.6) is 0 Å². The number of thiophene rings is 1. The van der Waals surface area contributed by atoms with Gasteiger partial charge in [-0.1, -0.05) is 6.92 Å². The molecular weight excluding hydrogens is 484 g/mol. The standard InChI is InChI=1S/C25H23F2N7OS/c1-3-30-17-4-5-34(11(17)2)25-32-7-13-14-9-35-10-15(14)18(20(27)21(13)33-25)22-19-12(6-28)24(29)36-23(19)16(26)8-31-22/h7-8,11,17,30H,3-5,9-10,29H2,1-2H3/t11-,17-/m0/s1. The van der Waals surface area contributed by atoms with Crippen LogP contribution in [0, 0.1) is 23.0 Å². The molecule has 5 heterocycles. The second kappa shape index (κ2) is 8.58. The maximum Gasteiger partial charge on any atom is 0.226 e. The quantitative estimate of drug-likeness (QED) is 0.422. The number of hydrogen-bond acceptors (Lipinski definition) is 9. The highest BCUT2D eigenvalue weighted by atomic mass is 32.1. The number of benzene rings is 1. The molecule has 1 aromatic carbocycles. The van der Waals surface area contributed by atoms with Crippen LogP contribution in [0.1, 0.15) is 37.0 Å². The number of pyridine rings is 1. The molecule has 0 amide bonds.